The lowest BCUT2D eigenvalue weighted by atomic mass is 10.1. The molecule has 1 rings (SSSR count). The van der Waals surface area contributed by atoms with Crippen molar-refractivity contribution >= 4 is 23.7 Å². The van der Waals surface area contributed by atoms with E-state index in [1.165, 1.54) is 11.8 Å². The van der Waals surface area contributed by atoms with Crippen LogP contribution in [0, 0.1) is 0 Å². The first-order valence-corrected chi connectivity index (χ1v) is 7.25. The van der Waals surface area contributed by atoms with Crippen molar-refractivity contribution in [3.8, 4) is 0 Å². The Labute approximate surface area is 129 Å². The van der Waals surface area contributed by atoms with E-state index >= 15 is 0 Å². The molecule has 0 aromatic carbocycles. The first-order valence-electron chi connectivity index (χ1n) is 7.25. The van der Waals surface area contributed by atoms with Crippen LogP contribution in [0.15, 0.2) is 4.99 Å². The van der Waals surface area contributed by atoms with Crippen LogP contribution >= 0.6 is 0 Å². The number of nitrogens with zero attached hydrogens (tertiary/aromatic N) is 2. The zero-order valence-corrected chi connectivity index (χ0v) is 12.7. The first-order chi connectivity index (χ1) is 10.3. The van der Waals surface area contributed by atoms with E-state index in [-0.39, 0.29) is 17.8 Å². The third-order valence-corrected chi connectivity index (χ3v) is 3.57. The molecule has 9 nitrogen and oxygen atoms in total. The quantitative estimate of drug-likeness (QED) is 0.243. The number of aliphatic imine (C=N–C) groups is 1. The highest BCUT2D eigenvalue weighted by Gasteiger charge is 2.33. The van der Waals surface area contributed by atoms with Crippen molar-refractivity contribution in [2.24, 2.45) is 22.2 Å². The third-order valence-electron chi connectivity index (χ3n) is 3.57. The Morgan fingerprint density at radius 3 is 2.55 bits per heavy atom. The minimum absolute atomic E-state index is 0.0253. The van der Waals surface area contributed by atoms with Gasteiger partial charge in [0.15, 0.2) is 5.96 Å². The number of primary amides is 1. The summed E-state index contributed by atoms with van der Waals surface area (Å²) in [6, 6.07) is -1.33. The monoisotopic (exact) mass is 312 g/mol. The molecule has 22 heavy (non-hydrogen) atoms. The summed E-state index contributed by atoms with van der Waals surface area (Å²) >= 11 is 0. The van der Waals surface area contributed by atoms with Gasteiger partial charge in [-0.3, -0.25) is 19.4 Å². The van der Waals surface area contributed by atoms with Gasteiger partial charge >= 0.3 is 0 Å². The second-order valence-corrected chi connectivity index (χ2v) is 5.28. The number of nitrogens with one attached hydrogen (secondary N) is 1. The van der Waals surface area contributed by atoms with Gasteiger partial charge in [-0.15, -0.1) is 0 Å². The Kier molecular flexibility index (Phi) is 6.61. The third kappa shape index (κ3) is 5.23. The number of carbonyl (C=O) groups is 3. The van der Waals surface area contributed by atoms with Gasteiger partial charge in [-0.05, 0) is 25.7 Å². The van der Waals surface area contributed by atoms with Gasteiger partial charge < -0.3 is 27.4 Å². The van der Waals surface area contributed by atoms with Crippen LogP contribution in [0.4, 0.5) is 0 Å². The second-order valence-electron chi connectivity index (χ2n) is 5.28. The van der Waals surface area contributed by atoms with Crippen molar-refractivity contribution in [1.29, 1.82) is 0 Å². The van der Waals surface area contributed by atoms with Gasteiger partial charge in [0.25, 0.3) is 0 Å². The van der Waals surface area contributed by atoms with Gasteiger partial charge in [-0.2, -0.15) is 0 Å². The molecule has 1 saturated heterocycles. The van der Waals surface area contributed by atoms with Crippen molar-refractivity contribution in [1.82, 2.24) is 10.2 Å². The molecule has 7 N–H and O–H groups in total. The average molecular weight is 312 g/mol. The highest BCUT2D eigenvalue weighted by atomic mass is 16.2. The van der Waals surface area contributed by atoms with Crippen molar-refractivity contribution in [3.63, 3.8) is 0 Å². The number of hydrogen-bond acceptors (Lipinski definition) is 4. The molecule has 2 atom stereocenters. The number of likely N-dealkylation sites (tertiary alicyclic amines) is 1. The van der Waals surface area contributed by atoms with Crippen molar-refractivity contribution in [3.05, 3.63) is 0 Å². The summed E-state index contributed by atoms with van der Waals surface area (Å²) in [4.78, 5) is 40.5. The minimum atomic E-state index is -0.795. The lowest BCUT2D eigenvalue weighted by Gasteiger charge is -2.24. The first kappa shape index (κ1) is 17.7. The van der Waals surface area contributed by atoms with Gasteiger partial charge in [0.1, 0.15) is 12.1 Å². The van der Waals surface area contributed by atoms with E-state index in [9.17, 15) is 14.4 Å². The van der Waals surface area contributed by atoms with E-state index in [0.29, 0.717) is 32.4 Å². The smallest absolute Gasteiger partial charge is 0.243 e. The normalized spacial score (nSPS) is 18.6. The van der Waals surface area contributed by atoms with Crippen LogP contribution in [0.3, 0.4) is 0 Å². The molecule has 0 aromatic heterocycles. The average Bonchev–Trinajstić information content (AvgIpc) is 2.91. The van der Waals surface area contributed by atoms with Crippen molar-refractivity contribution in [2.45, 2.75) is 44.7 Å². The SMILES string of the molecule is CC(=O)N1CCC[C@H]1C(=O)N[C@@H](CCCN=C(N)N)C(N)=O. The summed E-state index contributed by atoms with van der Waals surface area (Å²) in [6.45, 7) is 2.33. The van der Waals surface area contributed by atoms with Crippen LogP contribution in [-0.2, 0) is 14.4 Å². The van der Waals surface area contributed by atoms with Gasteiger partial charge in [-0.25, -0.2) is 0 Å². The number of guanidine groups is 1. The molecule has 0 bridgehead atoms. The molecular weight excluding hydrogens is 288 g/mol. The number of hydrogen-bond donors (Lipinski definition) is 4. The fourth-order valence-corrected chi connectivity index (χ4v) is 2.47. The highest BCUT2D eigenvalue weighted by Crippen LogP contribution is 2.17. The topological polar surface area (TPSA) is 157 Å². The summed E-state index contributed by atoms with van der Waals surface area (Å²) in [5.74, 6) is -1.15. The molecular formula is C13H24N6O3. The number of amides is 3. The Hall–Kier alpha value is -2.32. The molecule has 9 heteroatoms. The van der Waals surface area contributed by atoms with E-state index in [4.69, 9.17) is 17.2 Å². The summed E-state index contributed by atoms with van der Waals surface area (Å²) in [5, 5.41) is 2.61. The Balaban J connectivity index is 2.55. The molecule has 1 aliphatic rings. The van der Waals surface area contributed by atoms with E-state index < -0.39 is 18.0 Å². The standard InChI is InChI=1S/C13H24N6O3/c1-8(20)19-7-3-5-10(19)12(22)18-9(11(14)21)4-2-6-17-13(15)16/h9-10H,2-7H2,1H3,(H2,14,21)(H,18,22)(H4,15,16,17)/t9-,10-/m0/s1. The molecule has 0 saturated carbocycles. The molecule has 1 aliphatic heterocycles. The van der Waals surface area contributed by atoms with Crippen molar-refractivity contribution in [2.75, 3.05) is 13.1 Å². The van der Waals surface area contributed by atoms with Crippen LogP contribution in [0.5, 0.6) is 0 Å². The molecule has 0 radical (unpaired) electrons. The Morgan fingerprint density at radius 2 is 2.00 bits per heavy atom. The lowest BCUT2D eigenvalue weighted by molar-refractivity contribution is -0.138. The largest absolute Gasteiger partial charge is 0.370 e. The van der Waals surface area contributed by atoms with Gasteiger partial charge in [0.05, 0.1) is 0 Å². The van der Waals surface area contributed by atoms with Crippen molar-refractivity contribution < 1.29 is 14.4 Å². The summed E-state index contributed by atoms with van der Waals surface area (Å²) < 4.78 is 0. The highest BCUT2D eigenvalue weighted by molar-refractivity contribution is 5.91. The Bertz CT molecular complexity index is 461. The lowest BCUT2D eigenvalue weighted by Crippen LogP contribution is -2.52. The van der Waals surface area contributed by atoms with Crippen LogP contribution < -0.4 is 22.5 Å². The predicted molar refractivity (Wildman–Crippen MR) is 81.4 cm³/mol. The fourth-order valence-electron chi connectivity index (χ4n) is 2.47. The van der Waals surface area contributed by atoms with Crippen LogP contribution in [0.2, 0.25) is 0 Å². The predicted octanol–water partition coefficient (Wildman–Crippen LogP) is -1.98. The number of rotatable bonds is 7. The maximum atomic E-state index is 12.2. The maximum Gasteiger partial charge on any atom is 0.243 e. The fraction of sp³-hybridized carbons (Fsp3) is 0.692. The molecule has 0 aliphatic carbocycles. The zero-order valence-electron chi connectivity index (χ0n) is 12.7. The zero-order chi connectivity index (χ0) is 16.7. The summed E-state index contributed by atoms with van der Waals surface area (Å²) in [7, 11) is 0. The Morgan fingerprint density at radius 1 is 1.32 bits per heavy atom. The summed E-state index contributed by atoms with van der Waals surface area (Å²) in [5.41, 5.74) is 15.7. The molecule has 3 amide bonds. The van der Waals surface area contributed by atoms with E-state index in [2.05, 4.69) is 10.3 Å². The van der Waals surface area contributed by atoms with Gasteiger partial charge in [0.2, 0.25) is 17.7 Å². The van der Waals surface area contributed by atoms with Crippen LogP contribution in [-0.4, -0.2) is 53.8 Å². The molecule has 124 valence electrons. The maximum absolute atomic E-state index is 12.2. The van der Waals surface area contributed by atoms with Gasteiger partial charge in [0, 0.05) is 20.0 Å². The molecule has 0 spiro atoms. The molecule has 1 heterocycles. The van der Waals surface area contributed by atoms with Crippen LogP contribution in [0.1, 0.15) is 32.6 Å². The summed E-state index contributed by atoms with van der Waals surface area (Å²) in [6.07, 6.45) is 2.20. The number of carbonyl (C=O) groups excluding carboxylic acids is 3. The van der Waals surface area contributed by atoms with E-state index in [0.717, 1.165) is 6.42 Å². The number of nitrogens with two attached hydrogens (primary N) is 3. The van der Waals surface area contributed by atoms with E-state index in [1.807, 2.05) is 0 Å². The molecule has 0 aromatic rings. The molecule has 0 unspecified atom stereocenters. The van der Waals surface area contributed by atoms with E-state index in [1.54, 1.807) is 0 Å². The molecule has 1 fully saturated rings. The van der Waals surface area contributed by atoms with Crippen LogP contribution in [0.25, 0.3) is 0 Å². The second kappa shape index (κ2) is 8.20. The van der Waals surface area contributed by atoms with Gasteiger partial charge in [-0.1, -0.05) is 0 Å². The minimum Gasteiger partial charge on any atom is -0.370 e.